The Morgan fingerprint density at radius 1 is 0.285 bits per heavy atom. The maximum atomic E-state index is 6.29. The molecule has 19 heteroatoms. The molecule has 0 saturated carbocycles. The number of ether oxygens (including phenoxy) is 3. The molecule has 0 unspecified atom stereocenters. The number of morpholine rings is 3. The topological polar surface area (TPSA) is 59.6 Å². The summed E-state index contributed by atoms with van der Waals surface area (Å²) in [6, 6.07) is 96.8. The predicted octanol–water partition coefficient (Wildman–Crippen LogP) is 26.2. The zero-order chi connectivity index (χ0) is 90.2. The fraction of sp³-hybridized carbons (Fsp3) is 0.279. The fourth-order valence-corrected chi connectivity index (χ4v) is 27.8. The van der Waals surface area contributed by atoms with E-state index in [0.717, 1.165) is 119 Å². The summed E-state index contributed by atoms with van der Waals surface area (Å²) in [5, 5.41) is 2.51. The van der Waals surface area contributed by atoms with Gasteiger partial charge in [-0.15, -0.1) is 14.0 Å². The molecule has 130 heavy (non-hydrogen) atoms. The van der Waals surface area contributed by atoms with E-state index in [0.29, 0.717) is 0 Å². The van der Waals surface area contributed by atoms with Crippen molar-refractivity contribution >= 4 is 108 Å². The first-order valence-electron chi connectivity index (χ1n) is 44.2. The molecule has 2 aliphatic carbocycles. The number of rotatable bonds is 13. The standard InChI is InChI=1S/2C21H27N2.C18H15OP.2C15H10.C12H24N3O3P.C7H8.2CH4.4ClH.2Ru/c2*1-14-9-16(3)20(17(4)10-14)22-7-8-23(13-22)21-18(5)11-15(2)12-19(21)6;1-4-10-16(11-5-1)19-20(17-12-6-2-7-13-17)18-14-8-3-9-15-18;2*1-2-6-12(7-3-1)15-11-10-13-8-4-5-9-14(13)15;1-7-16-8-2-13(1)19(14-3-9-17-10-4-14)15-5-11-18-12-6-15;1-7-5-3-2-4-6-7;;;;;;;;/h2*9-13H,7-8H2,1-6H3;1-15H;2*1-9,11H;1-12H2;2-6H,1H3;2*1H4;4*1H;;/q2*-1;;;;;;;;;;;;2*+2/p-2. The largest absolute Gasteiger partial charge is 0.342 e. The molecule has 5 saturated heterocycles. The van der Waals surface area contributed by atoms with E-state index in [1.54, 1.807) is 0 Å². The fourth-order valence-electron chi connectivity index (χ4n) is 18.0. The molecule has 0 amide bonds. The van der Waals surface area contributed by atoms with Crippen LogP contribution < -0.4 is 34.7 Å². The van der Waals surface area contributed by atoms with Crippen LogP contribution in [0.25, 0.3) is 11.1 Å². The summed E-state index contributed by atoms with van der Waals surface area (Å²) in [6.45, 7) is 48.9. The quantitative estimate of drug-likeness (QED) is 0.0630. The molecular formula is C111H131Cl4N7O4P2Ru2. The van der Waals surface area contributed by atoms with Crippen LogP contribution >= 0.6 is 55.3 Å². The second-order valence-corrected chi connectivity index (χ2v) is 49.3. The van der Waals surface area contributed by atoms with Gasteiger partial charge in [0.2, 0.25) is 16.5 Å². The Morgan fingerprint density at radius 2 is 0.523 bits per heavy atom. The van der Waals surface area contributed by atoms with E-state index in [-0.39, 0.29) is 14.9 Å². The summed E-state index contributed by atoms with van der Waals surface area (Å²) in [5.41, 5.74) is 32.7. The molecule has 688 valence electrons. The van der Waals surface area contributed by atoms with E-state index in [1.165, 1.54) is 150 Å². The minimum absolute atomic E-state index is 0. The van der Waals surface area contributed by atoms with Crippen molar-refractivity contribution in [2.24, 2.45) is 0 Å². The molecule has 0 bridgehead atoms. The van der Waals surface area contributed by atoms with Crippen LogP contribution in [0.15, 0.2) is 291 Å². The number of fused-ring (bicyclic) bond motifs is 2. The molecule has 5 aliphatic heterocycles. The zero-order valence-electron chi connectivity index (χ0n) is 76.2. The van der Waals surface area contributed by atoms with Gasteiger partial charge in [0, 0.05) is 48.9 Å². The van der Waals surface area contributed by atoms with Gasteiger partial charge in [-0.1, -0.05) is 176 Å². The average molecular weight is 2030 g/mol. The van der Waals surface area contributed by atoms with Crippen LogP contribution in [0.1, 0.15) is 121 Å². The van der Waals surface area contributed by atoms with Crippen molar-refractivity contribution in [3.8, 4) is 5.75 Å². The molecule has 0 radical (unpaired) electrons. The molecule has 11 nitrogen and oxygen atoms in total. The third-order valence-electron chi connectivity index (χ3n) is 23.2. The van der Waals surface area contributed by atoms with Crippen LogP contribution in [0.2, 0.25) is 0 Å². The Bertz CT molecular complexity index is 5230. The number of hydrogen-bond donors (Lipinski definition) is 0. The van der Waals surface area contributed by atoms with Crippen molar-refractivity contribution in [2.75, 3.05) is 125 Å². The van der Waals surface area contributed by atoms with Crippen LogP contribution in [0.5, 0.6) is 5.75 Å². The molecule has 5 fully saturated rings. The molecule has 7 aliphatic rings. The van der Waals surface area contributed by atoms with E-state index >= 15 is 0 Å². The van der Waals surface area contributed by atoms with Gasteiger partial charge in [0.05, 0.1) is 78.9 Å². The second-order valence-electron chi connectivity index (χ2n) is 33.2. The van der Waals surface area contributed by atoms with Crippen LogP contribution in [0.3, 0.4) is 0 Å². The SMILES string of the molecule is C.C.C1CN([PH+](N2CCOCC2)N2CCOCC2)CCO1.Cc1cc(C)c(N2[CH-]N(c3c(C)cc(C)cc3C)CC2)c(C)c1.Cc1cc(C)c(N2[CH-]N(c3c(C)cc(C)cc3C)CC2)c(C)c1.Cc1ccccc1.[Cl][Ru]([Cl])=[C]1C=C(c2ccccc2)c2ccccc21.[Cl][Ru]([Cl])=[C]1C=C(c2ccccc2)c2ccccc21.c1ccc(O[PH+](c2ccccc2)c2ccccc2)cc1. The molecular weight excluding hydrogens is 1900 g/mol. The number of para-hydroxylation sites is 1. The zero-order valence-corrected chi connectivity index (χ0v) is 84.7. The summed E-state index contributed by atoms with van der Waals surface area (Å²) in [5.74, 6) is 0.925. The summed E-state index contributed by atoms with van der Waals surface area (Å²) in [7, 11) is 22.7. The predicted molar refractivity (Wildman–Crippen MR) is 560 cm³/mol. The number of nitrogens with zero attached hydrogens (tertiary/aromatic N) is 7. The van der Waals surface area contributed by atoms with Crippen LogP contribution in [-0.2, 0) is 41.2 Å². The number of hydrogen-bond acceptors (Lipinski definition) is 11. The summed E-state index contributed by atoms with van der Waals surface area (Å²) in [6.07, 6.45) is 4.30. The summed E-state index contributed by atoms with van der Waals surface area (Å²) < 4.78 is 33.0. The van der Waals surface area contributed by atoms with E-state index < -0.39 is 43.6 Å². The first kappa shape index (κ1) is 102. The molecule has 0 spiro atoms. The maximum Gasteiger partial charge on any atom is 0.242 e. The van der Waals surface area contributed by atoms with Gasteiger partial charge in [-0.3, -0.25) is 0 Å². The number of halogens is 4. The van der Waals surface area contributed by atoms with E-state index in [9.17, 15) is 0 Å². The van der Waals surface area contributed by atoms with E-state index in [1.807, 2.05) is 109 Å². The van der Waals surface area contributed by atoms with Crippen molar-refractivity contribution in [1.29, 1.82) is 0 Å². The molecule has 5 heterocycles. The average Bonchev–Trinajstić information content (AvgIpc) is 1.63. The van der Waals surface area contributed by atoms with E-state index in [4.69, 9.17) is 57.5 Å². The van der Waals surface area contributed by atoms with Gasteiger partial charge in [0.1, 0.15) is 10.6 Å². The number of anilines is 4. The van der Waals surface area contributed by atoms with Gasteiger partial charge < -0.3 is 38.3 Å². The minimum Gasteiger partial charge on any atom is -0.342 e. The van der Waals surface area contributed by atoms with Crippen molar-refractivity contribution in [2.45, 2.75) is 105 Å². The molecule has 12 aromatic carbocycles. The normalized spacial score (nSPS) is 15.4. The third-order valence-corrected chi connectivity index (χ3v) is 34.7. The van der Waals surface area contributed by atoms with E-state index in [2.05, 4.69) is 319 Å². The first-order valence-corrected chi connectivity index (χ1v) is 57.6. The first-order chi connectivity index (χ1) is 62.0. The summed E-state index contributed by atoms with van der Waals surface area (Å²) >= 11 is -3.76. The third kappa shape index (κ3) is 27.6. The van der Waals surface area contributed by atoms with Gasteiger partial charge in [-0.05, 0) is 171 Å². The van der Waals surface area contributed by atoms with Crippen LogP contribution in [0.4, 0.5) is 22.7 Å². The molecule has 0 atom stereocenters. The van der Waals surface area contributed by atoms with Gasteiger partial charge in [0.15, 0.2) is 5.75 Å². The number of allylic oxidation sites excluding steroid dienone is 2. The molecule has 19 rings (SSSR count). The summed E-state index contributed by atoms with van der Waals surface area (Å²) in [4.78, 5) is 9.62. The monoisotopic (exact) mass is 2030 g/mol. The van der Waals surface area contributed by atoms with Gasteiger partial charge in [0.25, 0.3) is 0 Å². The second kappa shape index (κ2) is 50.8. The Hall–Kier alpha value is -8.11. The van der Waals surface area contributed by atoms with Gasteiger partial charge in [-0.2, -0.15) is 13.3 Å². The Kier molecular flexibility index (Phi) is 40.0. The van der Waals surface area contributed by atoms with Gasteiger partial charge in [-0.25, -0.2) is 0 Å². The molecule has 0 N–H and O–H groups in total. The van der Waals surface area contributed by atoms with Crippen molar-refractivity contribution in [3.63, 3.8) is 0 Å². The van der Waals surface area contributed by atoms with Crippen molar-refractivity contribution in [1.82, 2.24) is 14.0 Å². The number of aryl methyl sites for hydroxylation is 13. The Morgan fingerprint density at radius 3 is 0.777 bits per heavy atom. The van der Waals surface area contributed by atoms with Crippen LogP contribution in [-0.4, -0.2) is 127 Å². The Balaban J connectivity index is 0.000000148. The molecule has 12 aromatic rings. The van der Waals surface area contributed by atoms with Gasteiger partial charge >= 0.3 is 240 Å². The molecule has 0 aromatic heterocycles. The minimum atomic E-state index is -1.88. The van der Waals surface area contributed by atoms with Crippen LogP contribution in [0, 0.1) is 103 Å². The smallest absolute Gasteiger partial charge is 0.242 e. The number of benzene rings is 12. The Labute approximate surface area is 806 Å². The van der Waals surface area contributed by atoms with Crippen molar-refractivity contribution in [3.05, 3.63) is 410 Å². The maximum absolute atomic E-state index is 6.29. The van der Waals surface area contributed by atoms with Crippen molar-refractivity contribution < 1.29 is 45.8 Å².